The zero-order valence-corrected chi connectivity index (χ0v) is 14.4. The number of fused-ring (bicyclic) bond motifs is 1. The number of likely N-dealkylation sites (tertiary alicyclic amines) is 1. The fraction of sp³-hybridized carbons (Fsp3) is 0.353. The average molecular weight is 343 g/mol. The maximum Gasteiger partial charge on any atom is 0.163 e. The zero-order chi connectivity index (χ0) is 16.7. The molecule has 3 aromatic rings. The van der Waals surface area contributed by atoms with Crippen LogP contribution in [0.15, 0.2) is 36.8 Å². The standard InChI is InChI=1S/C17H19ClN6/c1-23-8-7-14(15(23)11-3-5-12(18)6-4-11)22-16-13-9-21-24(2)17(13)20-10-19-16/h3-6,9-10,14-15H,7-8H2,1-2H3,(H,19,20,22)/t14-,15+/m1/s1. The van der Waals surface area contributed by atoms with Gasteiger partial charge in [0.2, 0.25) is 0 Å². The van der Waals surface area contributed by atoms with Crippen molar-refractivity contribution in [2.45, 2.75) is 18.5 Å². The maximum absolute atomic E-state index is 6.03. The summed E-state index contributed by atoms with van der Waals surface area (Å²) in [5.41, 5.74) is 2.09. The van der Waals surface area contributed by atoms with Crippen LogP contribution in [-0.2, 0) is 7.05 Å². The number of nitrogens with zero attached hydrogens (tertiary/aromatic N) is 5. The van der Waals surface area contributed by atoms with Crippen LogP contribution in [0.25, 0.3) is 11.0 Å². The first-order valence-electron chi connectivity index (χ1n) is 7.98. The molecule has 24 heavy (non-hydrogen) atoms. The van der Waals surface area contributed by atoms with E-state index >= 15 is 0 Å². The summed E-state index contributed by atoms with van der Waals surface area (Å²) in [5.74, 6) is 0.840. The first-order chi connectivity index (χ1) is 11.6. The third-order valence-electron chi connectivity index (χ3n) is 4.71. The molecule has 2 aromatic heterocycles. The van der Waals surface area contributed by atoms with Gasteiger partial charge in [-0.25, -0.2) is 9.97 Å². The lowest BCUT2D eigenvalue weighted by atomic mass is 10.00. The van der Waals surface area contributed by atoms with Gasteiger partial charge in [-0.1, -0.05) is 23.7 Å². The molecule has 1 aliphatic rings. The topological polar surface area (TPSA) is 58.9 Å². The quantitative estimate of drug-likeness (QED) is 0.793. The number of aryl methyl sites for hydroxylation is 1. The number of hydrogen-bond donors (Lipinski definition) is 1. The fourth-order valence-electron chi connectivity index (χ4n) is 3.50. The molecule has 0 unspecified atom stereocenters. The van der Waals surface area contributed by atoms with Crippen LogP contribution in [0.4, 0.5) is 5.82 Å². The van der Waals surface area contributed by atoms with Crippen molar-refractivity contribution in [1.82, 2.24) is 24.6 Å². The lowest BCUT2D eigenvalue weighted by molar-refractivity contribution is 0.309. The van der Waals surface area contributed by atoms with Crippen molar-refractivity contribution in [3.63, 3.8) is 0 Å². The molecule has 0 amide bonds. The van der Waals surface area contributed by atoms with Gasteiger partial charge in [0.15, 0.2) is 5.65 Å². The van der Waals surface area contributed by atoms with E-state index in [0.29, 0.717) is 0 Å². The van der Waals surface area contributed by atoms with E-state index < -0.39 is 0 Å². The van der Waals surface area contributed by atoms with Crippen LogP contribution < -0.4 is 5.32 Å². The molecule has 6 nitrogen and oxygen atoms in total. The van der Waals surface area contributed by atoms with Crippen LogP contribution in [-0.4, -0.2) is 44.3 Å². The molecule has 1 N–H and O–H groups in total. The number of halogens is 1. The first kappa shape index (κ1) is 15.4. The summed E-state index contributed by atoms with van der Waals surface area (Å²) >= 11 is 6.03. The Morgan fingerprint density at radius 2 is 1.96 bits per heavy atom. The lowest BCUT2D eigenvalue weighted by Crippen LogP contribution is -2.29. The van der Waals surface area contributed by atoms with Crippen molar-refractivity contribution < 1.29 is 0 Å². The van der Waals surface area contributed by atoms with E-state index in [2.05, 4.69) is 44.5 Å². The van der Waals surface area contributed by atoms with Crippen molar-refractivity contribution in [3.05, 3.63) is 47.4 Å². The van der Waals surface area contributed by atoms with E-state index in [-0.39, 0.29) is 12.1 Å². The predicted molar refractivity (Wildman–Crippen MR) is 95.2 cm³/mol. The normalized spacial score (nSPS) is 21.5. The van der Waals surface area contributed by atoms with Crippen molar-refractivity contribution in [2.75, 3.05) is 18.9 Å². The van der Waals surface area contributed by atoms with Gasteiger partial charge in [-0.3, -0.25) is 9.58 Å². The van der Waals surface area contributed by atoms with E-state index in [1.807, 2.05) is 25.4 Å². The summed E-state index contributed by atoms with van der Waals surface area (Å²) < 4.78 is 1.76. The predicted octanol–water partition coefficient (Wildman–Crippen LogP) is 2.87. The van der Waals surface area contributed by atoms with E-state index in [1.54, 1.807) is 11.0 Å². The molecule has 1 aromatic carbocycles. The largest absolute Gasteiger partial charge is 0.365 e. The minimum absolute atomic E-state index is 0.273. The highest BCUT2D eigenvalue weighted by Gasteiger charge is 2.33. The highest BCUT2D eigenvalue weighted by Crippen LogP contribution is 2.34. The second-order valence-electron chi connectivity index (χ2n) is 6.24. The number of hydrogen-bond acceptors (Lipinski definition) is 5. The molecule has 1 aliphatic heterocycles. The van der Waals surface area contributed by atoms with Crippen molar-refractivity contribution in [2.24, 2.45) is 7.05 Å². The van der Waals surface area contributed by atoms with E-state index in [0.717, 1.165) is 34.8 Å². The SMILES string of the molecule is CN1CC[C@@H](Nc2ncnc3c2cnn3C)[C@@H]1c1ccc(Cl)cc1. The zero-order valence-electron chi connectivity index (χ0n) is 13.6. The van der Waals surface area contributed by atoms with Gasteiger partial charge < -0.3 is 5.32 Å². The Bertz CT molecular complexity index is 859. The maximum atomic E-state index is 6.03. The number of anilines is 1. The van der Waals surface area contributed by atoms with Crippen LogP contribution in [0.2, 0.25) is 5.02 Å². The smallest absolute Gasteiger partial charge is 0.163 e. The van der Waals surface area contributed by atoms with Gasteiger partial charge in [0, 0.05) is 24.7 Å². The highest BCUT2D eigenvalue weighted by molar-refractivity contribution is 6.30. The summed E-state index contributed by atoms with van der Waals surface area (Å²) in [4.78, 5) is 11.1. The Hall–Kier alpha value is -2.18. The van der Waals surface area contributed by atoms with Crippen LogP contribution in [0.1, 0.15) is 18.0 Å². The van der Waals surface area contributed by atoms with Gasteiger partial charge in [0.05, 0.1) is 17.6 Å². The number of aromatic nitrogens is 4. The molecule has 124 valence electrons. The summed E-state index contributed by atoms with van der Waals surface area (Å²) in [5, 5.41) is 9.60. The third kappa shape index (κ3) is 2.61. The van der Waals surface area contributed by atoms with Crippen LogP contribution in [0, 0.1) is 0 Å². The van der Waals surface area contributed by atoms with Crippen molar-refractivity contribution in [3.8, 4) is 0 Å². The van der Waals surface area contributed by atoms with Crippen LogP contribution in [0.5, 0.6) is 0 Å². The number of nitrogens with one attached hydrogen (secondary N) is 1. The van der Waals surface area contributed by atoms with Gasteiger partial charge >= 0.3 is 0 Å². The molecule has 0 spiro atoms. The Kier molecular flexibility index (Phi) is 3.86. The minimum atomic E-state index is 0.273. The first-order valence-corrected chi connectivity index (χ1v) is 8.36. The number of rotatable bonds is 3. The molecule has 2 atom stereocenters. The molecule has 3 heterocycles. The summed E-state index contributed by atoms with van der Waals surface area (Å²) in [6.07, 6.45) is 4.45. The Labute approximate surface area is 145 Å². The Morgan fingerprint density at radius 1 is 1.17 bits per heavy atom. The molecule has 1 saturated heterocycles. The van der Waals surface area contributed by atoms with Crippen molar-refractivity contribution in [1.29, 1.82) is 0 Å². The summed E-state index contributed by atoms with van der Waals surface area (Å²) in [7, 11) is 4.04. The molecule has 0 bridgehead atoms. The Morgan fingerprint density at radius 3 is 2.75 bits per heavy atom. The molecular formula is C17H19ClN6. The monoisotopic (exact) mass is 342 g/mol. The summed E-state index contributed by atoms with van der Waals surface area (Å²) in [6, 6.07) is 8.65. The molecule has 4 rings (SSSR count). The van der Waals surface area contributed by atoms with Gasteiger partial charge in [0.1, 0.15) is 12.1 Å². The van der Waals surface area contributed by atoms with Gasteiger partial charge in [0.25, 0.3) is 0 Å². The average Bonchev–Trinajstić information content (AvgIpc) is 3.13. The second kappa shape index (κ2) is 6.03. The lowest BCUT2D eigenvalue weighted by Gasteiger charge is -2.26. The van der Waals surface area contributed by atoms with Gasteiger partial charge in [-0.2, -0.15) is 5.10 Å². The molecule has 0 radical (unpaired) electrons. The van der Waals surface area contributed by atoms with Crippen LogP contribution in [0.3, 0.4) is 0 Å². The Balaban J connectivity index is 1.66. The number of likely N-dealkylation sites (N-methyl/N-ethyl adjacent to an activating group) is 1. The van der Waals surface area contributed by atoms with Crippen molar-refractivity contribution >= 4 is 28.5 Å². The van der Waals surface area contributed by atoms with Crippen LogP contribution >= 0.6 is 11.6 Å². The van der Waals surface area contributed by atoms with Gasteiger partial charge in [-0.05, 0) is 31.2 Å². The summed E-state index contributed by atoms with van der Waals surface area (Å²) in [6.45, 7) is 1.03. The second-order valence-corrected chi connectivity index (χ2v) is 6.68. The molecule has 0 saturated carbocycles. The third-order valence-corrected chi connectivity index (χ3v) is 4.96. The van der Waals surface area contributed by atoms with E-state index in [9.17, 15) is 0 Å². The number of benzene rings is 1. The molecule has 7 heteroatoms. The molecule has 0 aliphatic carbocycles. The highest BCUT2D eigenvalue weighted by atomic mass is 35.5. The fourth-order valence-corrected chi connectivity index (χ4v) is 3.62. The van der Waals surface area contributed by atoms with E-state index in [4.69, 9.17) is 11.6 Å². The molecular weight excluding hydrogens is 324 g/mol. The van der Waals surface area contributed by atoms with Gasteiger partial charge in [-0.15, -0.1) is 0 Å². The minimum Gasteiger partial charge on any atom is -0.365 e. The molecule has 1 fully saturated rings. The van der Waals surface area contributed by atoms with E-state index in [1.165, 1.54) is 5.56 Å².